The van der Waals surface area contributed by atoms with E-state index in [2.05, 4.69) is 24.3 Å². The zero-order valence-electron chi connectivity index (χ0n) is 10.7. The molecule has 0 aromatic heterocycles. The molecule has 2 bridgehead atoms. The maximum atomic E-state index is 12.3. The number of hydrogen-bond donors (Lipinski definition) is 0. The number of carbonyl (C=O) groups is 1. The lowest BCUT2D eigenvalue weighted by Gasteiger charge is -2.39. The molecule has 0 spiro atoms. The van der Waals surface area contributed by atoms with Crippen LogP contribution < -0.4 is 4.74 Å². The van der Waals surface area contributed by atoms with Gasteiger partial charge in [-0.1, -0.05) is 30.3 Å². The van der Waals surface area contributed by atoms with Crippen LogP contribution in [0.4, 0.5) is 0 Å². The van der Waals surface area contributed by atoms with Crippen molar-refractivity contribution in [2.45, 2.75) is 18.3 Å². The van der Waals surface area contributed by atoms with Gasteiger partial charge in [-0.3, -0.25) is 4.79 Å². The number of Topliss-reactive ketones (excluding diaryl/α,β-unsaturated/α-hetero) is 1. The SMILES string of the molecule is COc1ccc2c(c1)C1C(=O)CC2c2ccccc21. The Morgan fingerprint density at radius 1 is 1.00 bits per heavy atom. The Kier molecular flexibility index (Phi) is 2.10. The Morgan fingerprint density at radius 3 is 2.53 bits per heavy atom. The van der Waals surface area contributed by atoms with Crippen LogP contribution in [0.25, 0.3) is 0 Å². The van der Waals surface area contributed by atoms with Crippen molar-refractivity contribution in [2.24, 2.45) is 0 Å². The van der Waals surface area contributed by atoms with Crippen molar-refractivity contribution < 1.29 is 9.53 Å². The van der Waals surface area contributed by atoms with Crippen molar-refractivity contribution in [3.8, 4) is 5.75 Å². The molecule has 0 radical (unpaired) electrons. The molecule has 2 aromatic rings. The van der Waals surface area contributed by atoms with Crippen LogP contribution in [-0.4, -0.2) is 12.9 Å². The van der Waals surface area contributed by atoms with Crippen molar-refractivity contribution in [2.75, 3.05) is 7.11 Å². The first-order valence-corrected chi connectivity index (χ1v) is 6.59. The number of methoxy groups -OCH3 is 1. The van der Waals surface area contributed by atoms with E-state index >= 15 is 0 Å². The monoisotopic (exact) mass is 250 g/mol. The minimum absolute atomic E-state index is 0.0914. The van der Waals surface area contributed by atoms with E-state index in [1.54, 1.807) is 7.11 Å². The van der Waals surface area contributed by atoms with E-state index in [0.29, 0.717) is 12.2 Å². The van der Waals surface area contributed by atoms with E-state index in [1.165, 1.54) is 16.7 Å². The van der Waals surface area contributed by atoms with Gasteiger partial charge in [-0.2, -0.15) is 0 Å². The molecule has 0 saturated carbocycles. The van der Waals surface area contributed by atoms with Gasteiger partial charge in [0, 0.05) is 12.3 Å². The maximum absolute atomic E-state index is 12.3. The first-order valence-electron chi connectivity index (χ1n) is 6.59. The second kappa shape index (κ2) is 3.70. The van der Waals surface area contributed by atoms with Crippen LogP contribution in [0.5, 0.6) is 5.75 Å². The smallest absolute Gasteiger partial charge is 0.145 e. The van der Waals surface area contributed by atoms with Gasteiger partial charge in [0.05, 0.1) is 13.0 Å². The molecule has 2 atom stereocenters. The van der Waals surface area contributed by atoms with Gasteiger partial charge in [0.25, 0.3) is 0 Å². The first kappa shape index (κ1) is 10.8. The van der Waals surface area contributed by atoms with Gasteiger partial charge in [0.15, 0.2) is 0 Å². The molecular formula is C17H14O2. The average Bonchev–Trinajstić information content (AvgIpc) is 2.46. The van der Waals surface area contributed by atoms with Gasteiger partial charge in [-0.25, -0.2) is 0 Å². The van der Waals surface area contributed by atoms with E-state index in [0.717, 1.165) is 11.3 Å². The third-order valence-electron chi connectivity index (χ3n) is 4.39. The standard InChI is InChI=1S/C17H14O2/c1-19-10-6-7-12-14-9-16(18)17(15(12)8-10)13-5-3-2-4-11(13)14/h2-8,14,17H,9H2,1H3. The number of hydrogen-bond acceptors (Lipinski definition) is 2. The largest absolute Gasteiger partial charge is 0.497 e. The lowest BCUT2D eigenvalue weighted by molar-refractivity contribution is -0.120. The van der Waals surface area contributed by atoms with Crippen LogP contribution in [0.1, 0.15) is 40.5 Å². The van der Waals surface area contributed by atoms with Crippen LogP contribution in [0.3, 0.4) is 0 Å². The Hall–Kier alpha value is -2.09. The second-order valence-electron chi connectivity index (χ2n) is 5.28. The molecule has 94 valence electrons. The molecule has 3 aliphatic carbocycles. The topological polar surface area (TPSA) is 26.3 Å². The van der Waals surface area contributed by atoms with Crippen molar-refractivity contribution >= 4 is 5.78 Å². The molecule has 0 aliphatic heterocycles. The van der Waals surface area contributed by atoms with Crippen molar-refractivity contribution in [1.29, 1.82) is 0 Å². The molecule has 2 nitrogen and oxygen atoms in total. The molecular weight excluding hydrogens is 236 g/mol. The predicted molar refractivity (Wildman–Crippen MR) is 72.7 cm³/mol. The van der Waals surface area contributed by atoms with E-state index in [-0.39, 0.29) is 11.8 Å². The third-order valence-corrected chi connectivity index (χ3v) is 4.39. The van der Waals surface area contributed by atoms with E-state index in [4.69, 9.17) is 4.74 Å². The fourth-order valence-electron chi connectivity index (χ4n) is 3.56. The number of rotatable bonds is 1. The number of ketones is 1. The van der Waals surface area contributed by atoms with Crippen LogP contribution >= 0.6 is 0 Å². The van der Waals surface area contributed by atoms with Crippen molar-refractivity contribution in [1.82, 2.24) is 0 Å². The van der Waals surface area contributed by atoms with E-state index in [1.807, 2.05) is 18.2 Å². The number of ether oxygens (including phenoxy) is 1. The third kappa shape index (κ3) is 1.34. The highest BCUT2D eigenvalue weighted by molar-refractivity contribution is 5.95. The van der Waals surface area contributed by atoms with Gasteiger partial charge >= 0.3 is 0 Å². The summed E-state index contributed by atoms with van der Waals surface area (Å²) in [5, 5.41) is 0. The number of carbonyl (C=O) groups excluding carboxylic acids is 1. The lowest BCUT2D eigenvalue weighted by atomic mass is 9.63. The molecule has 19 heavy (non-hydrogen) atoms. The summed E-state index contributed by atoms with van der Waals surface area (Å²) in [6, 6.07) is 14.5. The lowest BCUT2D eigenvalue weighted by Crippen LogP contribution is -2.32. The summed E-state index contributed by atoms with van der Waals surface area (Å²) < 4.78 is 5.30. The molecule has 0 saturated heterocycles. The summed E-state index contributed by atoms with van der Waals surface area (Å²) in [5.74, 6) is 1.31. The Morgan fingerprint density at radius 2 is 1.74 bits per heavy atom. The van der Waals surface area contributed by atoms with Gasteiger partial charge in [0.1, 0.15) is 11.5 Å². The summed E-state index contributed by atoms with van der Waals surface area (Å²) in [5.41, 5.74) is 4.94. The highest BCUT2D eigenvalue weighted by Gasteiger charge is 2.42. The number of benzene rings is 2. The molecule has 2 heteroatoms. The molecule has 0 amide bonds. The highest BCUT2D eigenvalue weighted by atomic mass is 16.5. The summed E-state index contributed by atoms with van der Waals surface area (Å²) in [4.78, 5) is 12.3. The zero-order chi connectivity index (χ0) is 13.0. The van der Waals surface area contributed by atoms with Crippen LogP contribution in [0.15, 0.2) is 42.5 Å². The van der Waals surface area contributed by atoms with Gasteiger partial charge in [-0.05, 0) is 34.4 Å². The molecule has 2 unspecified atom stereocenters. The molecule has 0 heterocycles. The Balaban J connectivity index is 2.00. The summed E-state index contributed by atoms with van der Waals surface area (Å²) in [6.07, 6.45) is 0.640. The molecule has 0 fully saturated rings. The van der Waals surface area contributed by atoms with Crippen LogP contribution in [-0.2, 0) is 4.79 Å². The minimum Gasteiger partial charge on any atom is -0.497 e. The molecule has 2 aromatic carbocycles. The highest BCUT2D eigenvalue weighted by Crippen LogP contribution is 2.51. The zero-order valence-corrected chi connectivity index (χ0v) is 10.7. The summed E-state index contributed by atoms with van der Waals surface area (Å²) in [7, 11) is 1.67. The van der Waals surface area contributed by atoms with Gasteiger partial charge < -0.3 is 4.74 Å². The fourth-order valence-corrected chi connectivity index (χ4v) is 3.56. The summed E-state index contributed by atoms with van der Waals surface area (Å²) in [6.45, 7) is 0. The average molecular weight is 250 g/mol. The quantitative estimate of drug-likeness (QED) is 0.776. The van der Waals surface area contributed by atoms with Crippen molar-refractivity contribution in [3.63, 3.8) is 0 Å². The molecule has 0 N–H and O–H groups in total. The van der Waals surface area contributed by atoms with Gasteiger partial charge in [-0.15, -0.1) is 0 Å². The maximum Gasteiger partial charge on any atom is 0.145 e. The van der Waals surface area contributed by atoms with E-state index in [9.17, 15) is 4.79 Å². The Labute approximate surface area is 112 Å². The van der Waals surface area contributed by atoms with Gasteiger partial charge in [0.2, 0.25) is 0 Å². The van der Waals surface area contributed by atoms with Crippen molar-refractivity contribution in [3.05, 3.63) is 64.7 Å². The van der Waals surface area contributed by atoms with E-state index < -0.39 is 0 Å². The minimum atomic E-state index is -0.0914. The van der Waals surface area contributed by atoms with Crippen LogP contribution in [0.2, 0.25) is 0 Å². The second-order valence-corrected chi connectivity index (χ2v) is 5.28. The fraction of sp³-hybridized carbons (Fsp3) is 0.235. The molecule has 3 aliphatic rings. The van der Waals surface area contributed by atoms with Crippen LogP contribution in [0, 0.1) is 0 Å². The normalized spacial score (nSPS) is 22.9. The Bertz CT molecular complexity index is 687. The molecule has 5 rings (SSSR count). The number of fused-ring (bicyclic) bond motifs is 1. The predicted octanol–water partition coefficient (Wildman–Crippen LogP) is 3.25. The summed E-state index contributed by atoms with van der Waals surface area (Å²) >= 11 is 0. The first-order chi connectivity index (χ1) is 9.29.